The van der Waals surface area contributed by atoms with E-state index in [0.29, 0.717) is 10.9 Å². The van der Waals surface area contributed by atoms with Gasteiger partial charge in [-0.2, -0.15) is 0 Å². The first kappa shape index (κ1) is 15.4. The molecular weight excluding hydrogens is 326 g/mol. The number of hydrogen-bond acceptors (Lipinski definition) is 6. The predicted molar refractivity (Wildman–Crippen MR) is 91.7 cm³/mol. The van der Waals surface area contributed by atoms with Gasteiger partial charge in [0.05, 0.1) is 6.20 Å². The average molecular weight is 345 g/mol. The highest BCUT2D eigenvalue weighted by Gasteiger charge is 2.24. The molecule has 4 rings (SSSR count). The molecule has 0 unspecified atom stereocenters. The van der Waals surface area contributed by atoms with Crippen LogP contribution < -0.4 is 14.8 Å². The molecule has 2 aromatic rings. The fourth-order valence-corrected chi connectivity index (χ4v) is 3.96. The Labute approximate surface area is 144 Å². The highest BCUT2D eigenvalue weighted by molar-refractivity contribution is 7.16. The molecule has 1 aromatic heterocycles. The summed E-state index contributed by atoms with van der Waals surface area (Å²) in [4.78, 5) is 19.7. The standard InChI is InChI=1S/C17H19N3O3S/c1-20(12-4-6-18-7-5-12)17(21)15-9-19-16(24-15)11-2-3-13-14(8-11)23-10-22-13/h2-3,8-9,12,18H,4-7,10H2,1H3. The van der Waals surface area contributed by atoms with E-state index >= 15 is 0 Å². The lowest BCUT2D eigenvalue weighted by Crippen LogP contribution is -2.43. The van der Waals surface area contributed by atoms with Crippen LogP contribution in [0.3, 0.4) is 0 Å². The minimum atomic E-state index is 0.0476. The van der Waals surface area contributed by atoms with Gasteiger partial charge in [0.25, 0.3) is 5.91 Å². The summed E-state index contributed by atoms with van der Waals surface area (Å²) in [6, 6.07) is 6.03. The van der Waals surface area contributed by atoms with Crippen molar-refractivity contribution in [3.05, 3.63) is 29.3 Å². The van der Waals surface area contributed by atoms with Crippen molar-refractivity contribution in [1.82, 2.24) is 15.2 Å². The van der Waals surface area contributed by atoms with Gasteiger partial charge in [-0.3, -0.25) is 4.79 Å². The van der Waals surface area contributed by atoms with Crippen LogP contribution in [0.1, 0.15) is 22.5 Å². The first-order valence-electron chi connectivity index (χ1n) is 8.06. The van der Waals surface area contributed by atoms with Crippen LogP contribution in [0.5, 0.6) is 11.5 Å². The molecule has 3 heterocycles. The van der Waals surface area contributed by atoms with E-state index in [9.17, 15) is 4.79 Å². The van der Waals surface area contributed by atoms with Crippen LogP contribution in [-0.4, -0.2) is 48.8 Å². The molecule has 2 aliphatic heterocycles. The molecule has 1 N–H and O–H groups in total. The molecule has 0 spiro atoms. The van der Waals surface area contributed by atoms with Gasteiger partial charge in [0, 0.05) is 18.7 Å². The molecule has 1 saturated heterocycles. The van der Waals surface area contributed by atoms with Gasteiger partial charge in [-0.25, -0.2) is 4.98 Å². The number of rotatable bonds is 3. The number of amides is 1. The van der Waals surface area contributed by atoms with Gasteiger partial charge in [-0.05, 0) is 44.1 Å². The topological polar surface area (TPSA) is 63.7 Å². The van der Waals surface area contributed by atoms with Crippen LogP contribution in [0.2, 0.25) is 0 Å². The van der Waals surface area contributed by atoms with Gasteiger partial charge < -0.3 is 19.7 Å². The van der Waals surface area contributed by atoms with E-state index in [1.54, 1.807) is 6.20 Å². The molecule has 7 heteroatoms. The fourth-order valence-electron chi connectivity index (χ4n) is 3.07. The molecule has 0 saturated carbocycles. The number of carbonyl (C=O) groups excluding carboxylic acids is 1. The first-order chi connectivity index (χ1) is 11.7. The average Bonchev–Trinajstić information content (AvgIpc) is 3.29. The van der Waals surface area contributed by atoms with Gasteiger partial charge in [0.1, 0.15) is 9.88 Å². The maximum Gasteiger partial charge on any atom is 0.265 e. The predicted octanol–water partition coefficient (Wildman–Crippen LogP) is 2.36. The zero-order valence-corrected chi connectivity index (χ0v) is 14.3. The van der Waals surface area contributed by atoms with Crippen molar-refractivity contribution in [2.45, 2.75) is 18.9 Å². The van der Waals surface area contributed by atoms with Gasteiger partial charge in [-0.15, -0.1) is 11.3 Å². The van der Waals surface area contributed by atoms with E-state index in [-0.39, 0.29) is 12.7 Å². The summed E-state index contributed by atoms with van der Waals surface area (Å²) >= 11 is 1.42. The van der Waals surface area contributed by atoms with E-state index in [2.05, 4.69) is 10.3 Å². The Morgan fingerprint density at radius 2 is 2.08 bits per heavy atom. The Kier molecular flexibility index (Phi) is 4.12. The third-order valence-corrected chi connectivity index (χ3v) is 5.55. The maximum absolute atomic E-state index is 12.7. The van der Waals surface area contributed by atoms with Gasteiger partial charge in [-0.1, -0.05) is 0 Å². The van der Waals surface area contributed by atoms with E-state index < -0.39 is 0 Å². The van der Waals surface area contributed by atoms with Crippen molar-refractivity contribution in [3.63, 3.8) is 0 Å². The quantitative estimate of drug-likeness (QED) is 0.925. The SMILES string of the molecule is CN(C(=O)c1cnc(-c2ccc3c(c2)OCO3)s1)C1CCNCC1. The summed E-state index contributed by atoms with van der Waals surface area (Å²) < 4.78 is 10.7. The second-order valence-electron chi connectivity index (χ2n) is 5.99. The first-order valence-corrected chi connectivity index (χ1v) is 8.88. The van der Waals surface area contributed by atoms with Crippen LogP contribution >= 0.6 is 11.3 Å². The van der Waals surface area contributed by atoms with E-state index in [4.69, 9.17) is 9.47 Å². The van der Waals surface area contributed by atoms with Crippen LogP contribution in [0, 0.1) is 0 Å². The molecule has 0 atom stereocenters. The number of fused-ring (bicyclic) bond motifs is 1. The molecule has 1 amide bonds. The molecule has 0 radical (unpaired) electrons. The summed E-state index contributed by atoms with van der Waals surface area (Å²) in [6.07, 6.45) is 3.66. The Bertz CT molecular complexity index is 755. The van der Waals surface area contributed by atoms with Crippen molar-refractivity contribution < 1.29 is 14.3 Å². The molecule has 24 heavy (non-hydrogen) atoms. The summed E-state index contributed by atoms with van der Waals surface area (Å²) in [5, 5.41) is 4.14. The van der Waals surface area contributed by atoms with Crippen molar-refractivity contribution in [1.29, 1.82) is 0 Å². The molecule has 126 valence electrons. The van der Waals surface area contributed by atoms with Crippen LogP contribution in [0.25, 0.3) is 10.6 Å². The number of ether oxygens (including phenoxy) is 2. The number of hydrogen-bond donors (Lipinski definition) is 1. The van der Waals surface area contributed by atoms with Crippen molar-refractivity contribution in [2.24, 2.45) is 0 Å². The minimum Gasteiger partial charge on any atom is -0.454 e. The largest absolute Gasteiger partial charge is 0.454 e. The smallest absolute Gasteiger partial charge is 0.265 e. The summed E-state index contributed by atoms with van der Waals surface area (Å²) in [5.41, 5.74) is 0.938. The van der Waals surface area contributed by atoms with Crippen LogP contribution in [0.4, 0.5) is 0 Å². The number of nitrogens with zero attached hydrogens (tertiary/aromatic N) is 2. The Balaban J connectivity index is 1.52. The number of nitrogens with one attached hydrogen (secondary N) is 1. The number of thiazole rings is 1. The van der Waals surface area contributed by atoms with E-state index in [0.717, 1.165) is 48.0 Å². The van der Waals surface area contributed by atoms with Crippen LogP contribution in [-0.2, 0) is 0 Å². The molecule has 6 nitrogen and oxygen atoms in total. The lowest BCUT2D eigenvalue weighted by atomic mass is 10.1. The number of benzene rings is 1. The van der Waals surface area contributed by atoms with Gasteiger partial charge >= 0.3 is 0 Å². The van der Waals surface area contributed by atoms with Gasteiger partial charge in [0.2, 0.25) is 6.79 Å². The van der Waals surface area contributed by atoms with Crippen molar-refractivity contribution >= 4 is 17.2 Å². The summed E-state index contributed by atoms with van der Waals surface area (Å²) in [7, 11) is 1.89. The van der Waals surface area contributed by atoms with E-state index in [1.165, 1.54) is 11.3 Å². The third-order valence-electron chi connectivity index (χ3n) is 4.51. The molecular formula is C17H19N3O3S. The highest BCUT2D eigenvalue weighted by atomic mass is 32.1. The zero-order valence-electron chi connectivity index (χ0n) is 13.4. The molecule has 1 aromatic carbocycles. The highest BCUT2D eigenvalue weighted by Crippen LogP contribution is 2.37. The van der Waals surface area contributed by atoms with Gasteiger partial charge in [0.15, 0.2) is 11.5 Å². The maximum atomic E-state index is 12.7. The number of aromatic nitrogens is 1. The summed E-state index contributed by atoms with van der Waals surface area (Å²) in [5.74, 6) is 1.52. The Morgan fingerprint density at radius 3 is 2.92 bits per heavy atom. The minimum absolute atomic E-state index is 0.0476. The summed E-state index contributed by atoms with van der Waals surface area (Å²) in [6.45, 7) is 2.18. The van der Waals surface area contributed by atoms with Crippen molar-refractivity contribution in [2.75, 3.05) is 26.9 Å². The monoisotopic (exact) mass is 345 g/mol. The normalized spacial score (nSPS) is 17.0. The lowest BCUT2D eigenvalue weighted by Gasteiger charge is -2.31. The fraction of sp³-hybridized carbons (Fsp3) is 0.412. The number of piperidine rings is 1. The van der Waals surface area contributed by atoms with Crippen molar-refractivity contribution in [3.8, 4) is 22.1 Å². The second kappa shape index (κ2) is 6.41. The zero-order chi connectivity index (χ0) is 16.5. The molecule has 2 aliphatic rings. The number of carbonyl (C=O) groups is 1. The lowest BCUT2D eigenvalue weighted by molar-refractivity contribution is 0.0708. The molecule has 1 fully saturated rings. The van der Waals surface area contributed by atoms with Crippen LogP contribution in [0.15, 0.2) is 24.4 Å². The third kappa shape index (κ3) is 2.85. The Morgan fingerprint density at radius 1 is 1.29 bits per heavy atom. The van der Waals surface area contributed by atoms with E-state index in [1.807, 2.05) is 30.1 Å². The second-order valence-corrected chi connectivity index (χ2v) is 7.03. The molecule has 0 bridgehead atoms. The Hall–Kier alpha value is -2.12. The molecule has 0 aliphatic carbocycles.